The third kappa shape index (κ3) is 5.20. The van der Waals surface area contributed by atoms with E-state index in [1.165, 1.54) is 6.07 Å². The first-order valence-electron chi connectivity index (χ1n) is 9.91. The molecule has 1 aliphatic rings. The fourth-order valence-corrected chi connectivity index (χ4v) is 4.20. The van der Waals surface area contributed by atoms with E-state index in [2.05, 4.69) is 26.2 Å². The first-order valence-corrected chi connectivity index (χ1v) is 10.7. The molecule has 3 aromatic rings. The lowest BCUT2D eigenvalue weighted by Gasteiger charge is -2.32. The quantitative estimate of drug-likeness (QED) is 0.436. The van der Waals surface area contributed by atoms with Crippen LogP contribution in [0.3, 0.4) is 0 Å². The van der Waals surface area contributed by atoms with E-state index < -0.39 is 23.9 Å². The standard InChI is InChI=1S/C22H20BrF3N2O3/c23-15-10-16(24)19-17(11-15)27-20(31-19)18(14-6-8-22(25,26)9-7-14)28-21(29)30-12-13-4-2-1-3-5-13/h1-5,10-11,14,18H,6-9,12H2,(H,28,29)/t18-/m0/s1. The van der Waals surface area contributed by atoms with E-state index in [9.17, 15) is 18.0 Å². The zero-order valence-electron chi connectivity index (χ0n) is 16.4. The number of halogens is 4. The summed E-state index contributed by atoms with van der Waals surface area (Å²) in [6.07, 6.45) is -0.984. The molecule has 0 saturated heterocycles. The van der Waals surface area contributed by atoms with Crippen LogP contribution in [0.25, 0.3) is 11.1 Å². The second-order valence-corrected chi connectivity index (χ2v) is 8.58. The lowest BCUT2D eigenvalue weighted by Crippen LogP contribution is -2.37. The van der Waals surface area contributed by atoms with Crippen molar-refractivity contribution >= 4 is 33.1 Å². The highest BCUT2D eigenvalue weighted by molar-refractivity contribution is 9.10. The number of benzene rings is 2. The lowest BCUT2D eigenvalue weighted by molar-refractivity contribution is -0.0505. The van der Waals surface area contributed by atoms with Crippen molar-refractivity contribution in [2.45, 2.75) is 44.3 Å². The van der Waals surface area contributed by atoms with Gasteiger partial charge in [0.1, 0.15) is 18.2 Å². The fourth-order valence-electron chi connectivity index (χ4n) is 3.78. The summed E-state index contributed by atoms with van der Waals surface area (Å²) in [5.74, 6) is -3.61. The number of amides is 1. The molecule has 0 radical (unpaired) electrons. The second-order valence-electron chi connectivity index (χ2n) is 7.67. The number of rotatable bonds is 5. The normalized spacial score (nSPS) is 17.4. The van der Waals surface area contributed by atoms with Gasteiger partial charge in [0.25, 0.3) is 0 Å². The van der Waals surface area contributed by atoms with Crippen LogP contribution in [0.2, 0.25) is 0 Å². The van der Waals surface area contributed by atoms with Crippen LogP contribution < -0.4 is 5.32 Å². The summed E-state index contributed by atoms with van der Waals surface area (Å²) in [5, 5.41) is 2.70. The number of ether oxygens (including phenoxy) is 1. The number of fused-ring (bicyclic) bond motifs is 1. The monoisotopic (exact) mass is 496 g/mol. The Labute approximate surface area is 185 Å². The van der Waals surface area contributed by atoms with Crippen LogP contribution in [-0.4, -0.2) is 17.0 Å². The van der Waals surface area contributed by atoms with E-state index in [0.29, 0.717) is 4.47 Å². The molecule has 31 heavy (non-hydrogen) atoms. The maximum Gasteiger partial charge on any atom is 0.408 e. The van der Waals surface area contributed by atoms with Gasteiger partial charge in [-0.2, -0.15) is 0 Å². The van der Waals surface area contributed by atoms with Crippen LogP contribution in [0.1, 0.15) is 43.2 Å². The molecule has 1 N–H and O–H groups in total. The van der Waals surface area contributed by atoms with Crippen molar-refractivity contribution < 1.29 is 27.1 Å². The summed E-state index contributed by atoms with van der Waals surface area (Å²) in [6.45, 7) is 0.0528. The second kappa shape index (κ2) is 8.90. The molecule has 1 atom stereocenters. The van der Waals surface area contributed by atoms with Crippen molar-refractivity contribution in [1.29, 1.82) is 0 Å². The number of alkyl carbamates (subject to hydrolysis) is 1. The van der Waals surface area contributed by atoms with Gasteiger partial charge in [0, 0.05) is 17.3 Å². The Bertz CT molecular complexity index is 1060. The molecule has 0 unspecified atom stereocenters. The van der Waals surface area contributed by atoms with Crippen LogP contribution in [0.4, 0.5) is 18.0 Å². The minimum Gasteiger partial charge on any atom is -0.445 e. The van der Waals surface area contributed by atoms with Crippen LogP contribution in [0, 0.1) is 11.7 Å². The molecule has 1 fully saturated rings. The van der Waals surface area contributed by atoms with Gasteiger partial charge in [-0.15, -0.1) is 0 Å². The number of nitrogens with one attached hydrogen (secondary N) is 1. The highest BCUT2D eigenvalue weighted by Crippen LogP contribution is 2.42. The molecule has 0 bridgehead atoms. The van der Waals surface area contributed by atoms with E-state index in [0.717, 1.165) is 5.56 Å². The first kappa shape index (κ1) is 21.7. The van der Waals surface area contributed by atoms with Gasteiger partial charge in [-0.3, -0.25) is 0 Å². The average Bonchev–Trinajstić information content (AvgIpc) is 3.16. The number of nitrogens with zero attached hydrogens (tertiary/aromatic N) is 1. The van der Waals surface area contributed by atoms with Crippen LogP contribution in [-0.2, 0) is 11.3 Å². The fraction of sp³-hybridized carbons (Fsp3) is 0.364. The third-order valence-corrected chi connectivity index (χ3v) is 5.87. The largest absolute Gasteiger partial charge is 0.445 e. The molecule has 4 rings (SSSR count). The number of hydrogen-bond acceptors (Lipinski definition) is 4. The van der Waals surface area contributed by atoms with Gasteiger partial charge in [-0.05, 0) is 36.5 Å². The minimum absolute atomic E-state index is 0.0520. The number of carbonyl (C=O) groups is 1. The van der Waals surface area contributed by atoms with Crippen LogP contribution >= 0.6 is 15.9 Å². The average molecular weight is 497 g/mol. The van der Waals surface area contributed by atoms with Crippen molar-refractivity contribution in [3.63, 3.8) is 0 Å². The van der Waals surface area contributed by atoms with E-state index in [4.69, 9.17) is 9.15 Å². The Morgan fingerprint density at radius 2 is 1.97 bits per heavy atom. The van der Waals surface area contributed by atoms with Crippen molar-refractivity contribution in [3.05, 3.63) is 64.2 Å². The molecule has 2 aromatic carbocycles. The predicted octanol–water partition coefficient (Wildman–Crippen LogP) is 6.52. The van der Waals surface area contributed by atoms with E-state index in [-0.39, 0.29) is 55.2 Å². The minimum atomic E-state index is -2.73. The Kier molecular flexibility index (Phi) is 6.22. The van der Waals surface area contributed by atoms with Crippen molar-refractivity contribution in [3.8, 4) is 0 Å². The van der Waals surface area contributed by atoms with E-state index in [1.807, 2.05) is 30.3 Å². The van der Waals surface area contributed by atoms with E-state index in [1.54, 1.807) is 6.07 Å². The van der Waals surface area contributed by atoms with Gasteiger partial charge in [-0.25, -0.2) is 22.9 Å². The Morgan fingerprint density at radius 1 is 1.26 bits per heavy atom. The molecule has 1 aliphatic carbocycles. The van der Waals surface area contributed by atoms with Crippen molar-refractivity contribution in [1.82, 2.24) is 10.3 Å². The summed E-state index contributed by atoms with van der Waals surface area (Å²) < 4.78 is 53.0. The maximum atomic E-state index is 14.3. The molecule has 1 amide bonds. The van der Waals surface area contributed by atoms with Crippen molar-refractivity contribution in [2.24, 2.45) is 5.92 Å². The molecular formula is C22H20BrF3N2O3. The SMILES string of the molecule is O=C(N[C@H](c1nc2cc(Br)cc(F)c2o1)C1CCC(F)(F)CC1)OCc1ccccc1. The highest BCUT2D eigenvalue weighted by atomic mass is 79.9. The van der Waals surface area contributed by atoms with Crippen LogP contribution in [0.15, 0.2) is 51.4 Å². The molecule has 9 heteroatoms. The summed E-state index contributed by atoms with van der Waals surface area (Å²) in [6, 6.07) is 11.2. The molecule has 1 heterocycles. The summed E-state index contributed by atoms with van der Waals surface area (Å²) in [7, 11) is 0. The predicted molar refractivity (Wildman–Crippen MR) is 111 cm³/mol. The third-order valence-electron chi connectivity index (χ3n) is 5.41. The number of alkyl halides is 2. The van der Waals surface area contributed by atoms with Gasteiger partial charge in [-0.1, -0.05) is 46.3 Å². The Hall–Kier alpha value is -2.55. The number of oxazole rings is 1. The smallest absolute Gasteiger partial charge is 0.408 e. The zero-order valence-corrected chi connectivity index (χ0v) is 18.0. The van der Waals surface area contributed by atoms with Crippen LogP contribution in [0.5, 0.6) is 0 Å². The van der Waals surface area contributed by atoms with Gasteiger partial charge in [0.15, 0.2) is 11.4 Å². The molecule has 1 saturated carbocycles. The van der Waals surface area contributed by atoms with E-state index >= 15 is 0 Å². The van der Waals surface area contributed by atoms with Crippen molar-refractivity contribution in [2.75, 3.05) is 0 Å². The van der Waals surface area contributed by atoms with Gasteiger partial charge < -0.3 is 14.5 Å². The lowest BCUT2D eigenvalue weighted by atomic mass is 9.82. The van der Waals surface area contributed by atoms with Gasteiger partial charge >= 0.3 is 6.09 Å². The molecule has 1 aromatic heterocycles. The first-order chi connectivity index (χ1) is 14.8. The summed E-state index contributed by atoms with van der Waals surface area (Å²) in [4.78, 5) is 16.8. The molecule has 5 nitrogen and oxygen atoms in total. The highest BCUT2D eigenvalue weighted by Gasteiger charge is 2.40. The zero-order chi connectivity index (χ0) is 22.0. The summed E-state index contributed by atoms with van der Waals surface area (Å²) >= 11 is 3.21. The topological polar surface area (TPSA) is 64.4 Å². The summed E-state index contributed by atoms with van der Waals surface area (Å²) in [5.41, 5.74) is 1.02. The van der Waals surface area contributed by atoms with Gasteiger partial charge in [0.05, 0.1) is 0 Å². The Morgan fingerprint density at radius 3 is 2.68 bits per heavy atom. The number of hydrogen-bond donors (Lipinski definition) is 1. The Balaban J connectivity index is 1.56. The maximum absolute atomic E-state index is 14.3. The number of carbonyl (C=O) groups excluding carboxylic acids is 1. The number of aromatic nitrogens is 1. The molecular weight excluding hydrogens is 477 g/mol. The molecule has 0 spiro atoms. The molecule has 0 aliphatic heterocycles. The van der Waals surface area contributed by atoms with Gasteiger partial charge in [0.2, 0.25) is 11.8 Å². The molecule has 164 valence electrons.